The van der Waals surface area contributed by atoms with Gasteiger partial charge in [-0.3, -0.25) is 0 Å². The van der Waals surface area contributed by atoms with Gasteiger partial charge >= 0.3 is 0 Å². The van der Waals surface area contributed by atoms with Gasteiger partial charge in [0.2, 0.25) is 0 Å². The van der Waals surface area contributed by atoms with Gasteiger partial charge in [-0.2, -0.15) is 0 Å². The van der Waals surface area contributed by atoms with E-state index in [0.29, 0.717) is 0 Å². The summed E-state index contributed by atoms with van der Waals surface area (Å²) in [6, 6.07) is 51.1. The molecule has 0 heterocycles. The van der Waals surface area contributed by atoms with Gasteiger partial charge in [0.25, 0.3) is 0 Å². The van der Waals surface area contributed by atoms with E-state index in [-0.39, 0.29) is 0 Å². The van der Waals surface area contributed by atoms with Crippen molar-refractivity contribution in [3.63, 3.8) is 0 Å². The van der Waals surface area contributed by atoms with Crippen LogP contribution in [0.5, 0.6) is 0 Å². The first-order valence-corrected chi connectivity index (χ1v) is 15.8. The summed E-state index contributed by atoms with van der Waals surface area (Å²) in [5, 5.41) is 10.4. The molecule has 1 heteroatoms. The van der Waals surface area contributed by atoms with Crippen LogP contribution in [0.1, 0.15) is 22.3 Å². The van der Waals surface area contributed by atoms with Crippen molar-refractivity contribution in [3.8, 4) is 11.1 Å². The van der Waals surface area contributed by atoms with E-state index >= 15 is 0 Å². The number of aryl methyl sites for hydroxylation is 4. The summed E-state index contributed by atoms with van der Waals surface area (Å²) in [7, 11) is 0. The molecule has 1 nitrogen and oxygen atoms in total. The lowest BCUT2D eigenvalue weighted by Gasteiger charge is -2.32. The highest BCUT2D eigenvalue weighted by Gasteiger charge is 2.23. The third-order valence-corrected chi connectivity index (χ3v) is 9.63. The number of benzene rings is 8. The monoisotopic (exact) mass is 577 g/mol. The molecule has 0 radical (unpaired) electrons. The largest absolute Gasteiger partial charge is 0.310 e. The van der Waals surface area contributed by atoms with E-state index in [9.17, 15) is 0 Å². The standard InChI is InChI=1S/C44H35N/c1-28-27-42(30(3)38-25-21-35-15-9-11-17-40(35)43(28)38)45(36-22-18-33(19-23-36)32-12-6-5-7-13-32)44-29(2)26-41-37(31(44)4)24-20-34-14-8-10-16-39(34)41/h5-27H,1-4H3. The van der Waals surface area contributed by atoms with Gasteiger partial charge in [-0.25, -0.2) is 0 Å². The lowest BCUT2D eigenvalue weighted by atomic mass is 9.91. The SMILES string of the molecule is Cc1cc2c(ccc3ccccc32)c(C)c1N(c1ccc(-c2ccccc2)cc1)c1cc(C)c2c(ccc3ccccc32)c1C. The van der Waals surface area contributed by atoms with E-state index in [1.54, 1.807) is 0 Å². The van der Waals surface area contributed by atoms with Crippen LogP contribution in [0.25, 0.3) is 54.2 Å². The Balaban J connectivity index is 1.41. The van der Waals surface area contributed by atoms with E-state index in [0.717, 1.165) is 5.69 Å². The Morgan fingerprint density at radius 1 is 0.400 bits per heavy atom. The molecule has 45 heavy (non-hydrogen) atoms. The maximum atomic E-state index is 2.50. The molecule has 0 fully saturated rings. The van der Waals surface area contributed by atoms with Crippen LogP contribution < -0.4 is 4.90 Å². The average Bonchev–Trinajstić information content (AvgIpc) is 3.08. The molecule has 0 aliphatic carbocycles. The summed E-state index contributed by atoms with van der Waals surface area (Å²) in [5.41, 5.74) is 11.2. The second kappa shape index (κ2) is 10.6. The van der Waals surface area contributed by atoms with E-state index < -0.39 is 0 Å². The fraction of sp³-hybridized carbons (Fsp3) is 0.0909. The number of nitrogens with zero attached hydrogens (tertiary/aromatic N) is 1. The Morgan fingerprint density at radius 3 is 1.73 bits per heavy atom. The van der Waals surface area contributed by atoms with E-state index in [1.165, 1.54) is 87.8 Å². The number of hydrogen-bond donors (Lipinski definition) is 0. The zero-order chi connectivity index (χ0) is 30.7. The average molecular weight is 578 g/mol. The molecule has 0 unspecified atom stereocenters. The van der Waals surface area contributed by atoms with E-state index in [2.05, 4.69) is 172 Å². The van der Waals surface area contributed by atoms with Gasteiger partial charge in [-0.15, -0.1) is 0 Å². The normalized spacial score (nSPS) is 11.6. The van der Waals surface area contributed by atoms with Crippen molar-refractivity contribution in [2.75, 3.05) is 4.90 Å². The maximum Gasteiger partial charge on any atom is 0.0526 e. The Labute approximate surface area is 265 Å². The predicted molar refractivity (Wildman–Crippen MR) is 196 cm³/mol. The maximum absolute atomic E-state index is 2.50. The highest BCUT2D eigenvalue weighted by atomic mass is 15.1. The molecule has 0 aliphatic heterocycles. The molecule has 0 bridgehead atoms. The van der Waals surface area contributed by atoms with E-state index in [4.69, 9.17) is 0 Å². The third kappa shape index (κ3) is 4.38. The molecule has 216 valence electrons. The van der Waals surface area contributed by atoms with Gasteiger partial charge in [0.1, 0.15) is 0 Å². The molecule has 0 saturated heterocycles. The van der Waals surface area contributed by atoms with Crippen molar-refractivity contribution >= 4 is 60.2 Å². The molecule has 0 aromatic heterocycles. The van der Waals surface area contributed by atoms with Crippen LogP contribution in [0.15, 0.2) is 140 Å². The molecule has 8 rings (SSSR count). The number of anilines is 3. The molecular weight excluding hydrogens is 542 g/mol. The minimum absolute atomic E-state index is 1.16. The van der Waals surface area contributed by atoms with Crippen molar-refractivity contribution < 1.29 is 0 Å². The minimum atomic E-state index is 1.16. The van der Waals surface area contributed by atoms with Gasteiger partial charge in [0, 0.05) is 11.4 Å². The van der Waals surface area contributed by atoms with Crippen LogP contribution in [0, 0.1) is 27.7 Å². The van der Waals surface area contributed by atoms with Gasteiger partial charge < -0.3 is 4.90 Å². The zero-order valence-corrected chi connectivity index (χ0v) is 26.2. The fourth-order valence-corrected chi connectivity index (χ4v) is 7.42. The van der Waals surface area contributed by atoms with Crippen molar-refractivity contribution in [2.24, 2.45) is 0 Å². The van der Waals surface area contributed by atoms with Crippen LogP contribution in [0.4, 0.5) is 17.1 Å². The van der Waals surface area contributed by atoms with Crippen LogP contribution in [0.3, 0.4) is 0 Å². The second-order valence-electron chi connectivity index (χ2n) is 12.3. The van der Waals surface area contributed by atoms with Crippen molar-refractivity contribution in [3.05, 3.63) is 162 Å². The van der Waals surface area contributed by atoms with Gasteiger partial charge in [-0.1, -0.05) is 115 Å². The topological polar surface area (TPSA) is 3.24 Å². The fourth-order valence-electron chi connectivity index (χ4n) is 7.42. The Hall–Kier alpha value is -5.40. The first-order valence-electron chi connectivity index (χ1n) is 15.8. The summed E-state index contributed by atoms with van der Waals surface area (Å²) < 4.78 is 0. The summed E-state index contributed by atoms with van der Waals surface area (Å²) in [4.78, 5) is 2.50. The smallest absolute Gasteiger partial charge is 0.0526 e. The third-order valence-electron chi connectivity index (χ3n) is 9.63. The predicted octanol–water partition coefficient (Wildman–Crippen LogP) is 12.7. The molecular formula is C44H35N. The molecule has 0 spiro atoms. The Bertz CT molecular complexity index is 2400. The number of hydrogen-bond acceptors (Lipinski definition) is 1. The summed E-state index contributed by atoms with van der Waals surface area (Å²) in [6.45, 7) is 9.12. The van der Waals surface area contributed by atoms with Crippen LogP contribution in [0.2, 0.25) is 0 Å². The second-order valence-corrected chi connectivity index (χ2v) is 12.3. The van der Waals surface area contributed by atoms with Gasteiger partial charge in [0.05, 0.1) is 5.69 Å². The first kappa shape index (κ1) is 27.2. The van der Waals surface area contributed by atoms with Crippen molar-refractivity contribution in [1.82, 2.24) is 0 Å². The quantitative estimate of drug-likeness (QED) is 0.188. The van der Waals surface area contributed by atoms with E-state index in [1.807, 2.05) is 0 Å². The summed E-state index contributed by atoms with van der Waals surface area (Å²) in [5.74, 6) is 0. The molecule has 0 saturated carbocycles. The highest BCUT2D eigenvalue weighted by molar-refractivity contribution is 6.13. The van der Waals surface area contributed by atoms with Crippen LogP contribution in [-0.2, 0) is 0 Å². The molecule has 0 atom stereocenters. The first-order chi connectivity index (χ1) is 22.0. The van der Waals surface area contributed by atoms with Crippen molar-refractivity contribution in [1.29, 1.82) is 0 Å². The summed E-state index contributed by atoms with van der Waals surface area (Å²) in [6.07, 6.45) is 0. The zero-order valence-electron chi connectivity index (χ0n) is 26.2. The molecule has 0 N–H and O–H groups in total. The number of fused-ring (bicyclic) bond motifs is 6. The van der Waals surface area contributed by atoms with Crippen LogP contribution >= 0.6 is 0 Å². The summed E-state index contributed by atoms with van der Waals surface area (Å²) >= 11 is 0. The molecule has 0 aliphatic rings. The lowest BCUT2D eigenvalue weighted by Crippen LogP contribution is -2.15. The highest BCUT2D eigenvalue weighted by Crippen LogP contribution is 2.46. The Kier molecular flexibility index (Phi) is 6.43. The van der Waals surface area contributed by atoms with Gasteiger partial charge in [0.15, 0.2) is 0 Å². The van der Waals surface area contributed by atoms with Crippen LogP contribution in [-0.4, -0.2) is 0 Å². The Morgan fingerprint density at radius 2 is 1.00 bits per heavy atom. The molecule has 0 amide bonds. The minimum Gasteiger partial charge on any atom is -0.310 e. The van der Waals surface area contributed by atoms with Crippen molar-refractivity contribution in [2.45, 2.75) is 27.7 Å². The number of rotatable bonds is 4. The lowest BCUT2D eigenvalue weighted by molar-refractivity contribution is 1.21. The molecule has 8 aromatic carbocycles. The molecule has 8 aromatic rings. The van der Waals surface area contributed by atoms with Gasteiger partial charge in [-0.05, 0) is 128 Å².